The fourth-order valence-corrected chi connectivity index (χ4v) is 4.01. The van der Waals surface area contributed by atoms with Gasteiger partial charge in [-0.3, -0.25) is 0 Å². The molecular formula is C16H23N3OS. The molecule has 0 aromatic carbocycles. The van der Waals surface area contributed by atoms with Crippen LogP contribution >= 0.6 is 12.2 Å². The molecule has 114 valence electrons. The number of thiocarbonyl (C=S) groups is 1. The van der Waals surface area contributed by atoms with Crippen LogP contribution in [-0.4, -0.2) is 41.9 Å². The van der Waals surface area contributed by atoms with Crippen molar-refractivity contribution in [3.05, 3.63) is 12.2 Å². The topological polar surface area (TPSA) is 48.3 Å². The van der Waals surface area contributed by atoms with Gasteiger partial charge in [0.25, 0.3) is 0 Å². The molecule has 4 atom stereocenters. The van der Waals surface area contributed by atoms with Crippen LogP contribution in [0.5, 0.6) is 0 Å². The zero-order valence-corrected chi connectivity index (χ0v) is 13.1. The number of allylic oxidation sites excluding steroid dienone is 1. The van der Waals surface area contributed by atoms with Gasteiger partial charge in [0, 0.05) is 25.7 Å². The average Bonchev–Trinajstić information content (AvgIpc) is 3.20. The summed E-state index contributed by atoms with van der Waals surface area (Å²) in [5.41, 5.74) is 0. The van der Waals surface area contributed by atoms with Gasteiger partial charge >= 0.3 is 0 Å². The maximum absolute atomic E-state index is 8.85. The SMILES string of the molecule is N#CCCN(C[C@@H]1CCCO1)C(=S)N[C@H]1C[C@H]2C=C[C@H]1C2. The Kier molecular flexibility index (Phi) is 4.77. The van der Waals surface area contributed by atoms with Crippen molar-refractivity contribution in [2.75, 3.05) is 19.7 Å². The number of rotatable bonds is 5. The maximum atomic E-state index is 8.85. The largest absolute Gasteiger partial charge is 0.376 e. The van der Waals surface area contributed by atoms with Crippen molar-refractivity contribution in [1.29, 1.82) is 5.26 Å². The van der Waals surface area contributed by atoms with Gasteiger partial charge in [0.2, 0.25) is 0 Å². The number of nitriles is 1. The Morgan fingerprint density at radius 1 is 1.43 bits per heavy atom. The summed E-state index contributed by atoms with van der Waals surface area (Å²) < 4.78 is 5.71. The molecule has 1 N–H and O–H groups in total. The van der Waals surface area contributed by atoms with Crippen LogP contribution in [0.15, 0.2) is 12.2 Å². The smallest absolute Gasteiger partial charge is 0.169 e. The van der Waals surface area contributed by atoms with Crippen LogP contribution in [0.4, 0.5) is 0 Å². The number of ether oxygens (including phenoxy) is 1. The van der Waals surface area contributed by atoms with Crippen LogP contribution in [0, 0.1) is 23.2 Å². The molecule has 5 heteroatoms. The van der Waals surface area contributed by atoms with Crippen molar-refractivity contribution in [3.63, 3.8) is 0 Å². The van der Waals surface area contributed by atoms with E-state index in [1.807, 2.05) is 0 Å². The lowest BCUT2D eigenvalue weighted by atomic mass is 10.0. The van der Waals surface area contributed by atoms with Gasteiger partial charge in [0.15, 0.2) is 5.11 Å². The molecule has 1 aliphatic heterocycles. The molecule has 0 aromatic heterocycles. The van der Waals surface area contributed by atoms with Crippen LogP contribution in [0.3, 0.4) is 0 Å². The Labute approximate surface area is 132 Å². The third-order valence-corrected chi connectivity index (χ3v) is 5.19. The molecule has 0 radical (unpaired) electrons. The monoisotopic (exact) mass is 305 g/mol. The summed E-state index contributed by atoms with van der Waals surface area (Å²) in [6.45, 7) is 2.36. The summed E-state index contributed by atoms with van der Waals surface area (Å²) in [5.74, 6) is 1.37. The lowest BCUT2D eigenvalue weighted by molar-refractivity contribution is 0.0912. The predicted molar refractivity (Wildman–Crippen MR) is 85.7 cm³/mol. The summed E-state index contributed by atoms with van der Waals surface area (Å²) in [5, 5.41) is 13.2. The van der Waals surface area contributed by atoms with E-state index in [4.69, 9.17) is 22.2 Å². The van der Waals surface area contributed by atoms with E-state index in [0.29, 0.717) is 24.9 Å². The third kappa shape index (κ3) is 3.56. The average molecular weight is 305 g/mol. The van der Waals surface area contributed by atoms with Crippen LogP contribution in [-0.2, 0) is 4.74 Å². The van der Waals surface area contributed by atoms with Gasteiger partial charge in [0.05, 0.1) is 18.6 Å². The number of hydrogen-bond donors (Lipinski definition) is 1. The maximum Gasteiger partial charge on any atom is 0.169 e. The van der Waals surface area contributed by atoms with Crippen molar-refractivity contribution in [3.8, 4) is 6.07 Å². The van der Waals surface area contributed by atoms with Gasteiger partial charge in [-0.15, -0.1) is 0 Å². The third-order valence-electron chi connectivity index (χ3n) is 4.82. The number of nitrogens with zero attached hydrogens (tertiary/aromatic N) is 2. The lowest BCUT2D eigenvalue weighted by Gasteiger charge is -2.31. The van der Waals surface area contributed by atoms with Crippen LogP contribution in [0.2, 0.25) is 0 Å². The fourth-order valence-electron chi connectivity index (χ4n) is 3.69. The summed E-state index contributed by atoms with van der Waals surface area (Å²) in [7, 11) is 0. The van der Waals surface area contributed by atoms with Crippen molar-refractivity contribution in [2.45, 2.75) is 44.2 Å². The Morgan fingerprint density at radius 2 is 2.33 bits per heavy atom. The predicted octanol–water partition coefficient (Wildman–Crippen LogP) is 2.22. The lowest BCUT2D eigenvalue weighted by Crippen LogP contribution is -2.48. The van der Waals surface area contributed by atoms with E-state index in [1.165, 1.54) is 12.8 Å². The molecule has 2 bridgehead atoms. The van der Waals surface area contributed by atoms with E-state index in [9.17, 15) is 0 Å². The minimum atomic E-state index is 0.267. The highest BCUT2D eigenvalue weighted by molar-refractivity contribution is 7.80. The fraction of sp³-hybridized carbons (Fsp3) is 0.750. The summed E-state index contributed by atoms with van der Waals surface area (Å²) >= 11 is 5.60. The van der Waals surface area contributed by atoms with E-state index < -0.39 is 0 Å². The van der Waals surface area contributed by atoms with E-state index in [-0.39, 0.29) is 6.10 Å². The molecule has 4 nitrogen and oxygen atoms in total. The van der Waals surface area contributed by atoms with E-state index >= 15 is 0 Å². The van der Waals surface area contributed by atoms with Gasteiger partial charge in [-0.1, -0.05) is 12.2 Å². The first-order chi connectivity index (χ1) is 10.3. The number of hydrogen-bond acceptors (Lipinski definition) is 3. The Bertz CT molecular complexity index is 453. The molecule has 2 fully saturated rings. The van der Waals surface area contributed by atoms with E-state index in [0.717, 1.165) is 37.0 Å². The highest BCUT2D eigenvalue weighted by Gasteiger charge is 2.36. The first kappa shape index (κ1) is 14.8. The van der Waals surface area contributed by atoms with Gasteiger partial charge in [-0.2, -0.15) is 5.26 Å². The van der Waals surface area contributed by atoms with Crippen LogP contribution in [0.25, 0.3) is 0 Å². The van der Waals surface area contributed by atoms with E-state index in [2.05, 4.69) is 28.4 Å². The molecule has 3 rings (SSSR count). The highest BCUT2D eigenvalue weighted by Crippen LogP contribution is 2.39. The standard InChI is InChI=1S/C16H23N3OS/c17-6-2-7-19(11-14-3-1-8-20-14)16(21)18-15-10-12-4-5-13(15)9-12/h4-5,12-15H,1-3,7-11H2,(H,18,21)/t12-,13-,14-,15-/m0/s1. The molecule has 0 amide bonds. The first-order valence-corrected chi connectivity index (χ1v) is 8.39. The molecule has 1 saturated heterocycles. The number of nitrogens with one attached hydrogen (secondary N) is 1. The molecule has 3 aliphatic rings. The Morgan fingerprint density at radius 3 is 2.95 bits per heavy atom. The molecule has 1 heterocycles. The van der Waals surface area contributed by atoms with Gasteiger partial charge in [-0.25, -0.2) is 0 Å². The molecular weight excluding hydrogens is 282 g/mol. The minimum absolute atomic E-state index is 0.267. The quantitative estimate of drug-likeness (QED) is 0.623. The second kappa shape index (κ2) is 6.76. The zero-order chi connectivity index (χ0) is 14.7. The van der Waals surface area contributed by atoms with Gasteiger partial charge in [-0.05, 0) is 49.7 Å². The van der Waals surface area contributed by atoms with E-state index in [1.54, 1.807) is 0 Å². The second-order valence-corrected chi connectivity index (χ2v) is 6.71. The highest BCUT2D eigenvalue weighted by atomic mass is 32.1. The summed E-state index contributed by atoms with van der Waals surface area (Å²) in [6, 6.07) is 2.69. The Hall–Kier alpha value is -1.12. The molecule has 21 heavy (non-hydrogen) atoms. The zero-order valence-electron chi connectivity index (χ0n) is 12.3. The normalized spacial score (nSPS) is 33.1. The molecule has 0 spiro atoms. The Balaban J connectivity index is 1.54. The molecule has 0 unspecified atom stereocenters. The van der Waals surface area contributed by atoms with Crippen molar-refractivity contribution in [1.82, 2.24) is 10.2 Å². The van der Waals surface area contributed by atoms with Gasteiger partial charge < -0.3 is 15.0 Å². The molecule has 0 aromatic rings. The summed E-state index contributed by atoms with van der Waals surface area (Å²) in [4.78, 5) is 2.13. The summed E-state index contributed by atoms with van der Waals surface area (Å²) in [6.07, 6.45) is 10.1. The first-order valence-electron chi connectivity index (χ1n) is 7.98. The van der Waals surface area contributed by atoms with Crippen molar-refractivity contribution in [2.24, 2.45) is 11.8 Å². The van der Waals surface area contributed by atoms with Crippen molar-refractivity contribution < 1.29 is 4.74 Å². The van der Waals surface area contributed by atoms with Crippen LogP contribution in [0.1, 0.15) is 32.1 Å². The van der Waals surface area contributed by atoms with Gasteiger partial charge in [0.1, 0.15) is 0 Å². The van der Waals surface area contributed by atoms with Crippen molar-refractivity contribution >= 4 is 17.3 Å². The van der Waals surface area contributed by atoms with Crippen LogP contribution < -0.4 is 5.32 Å². The number of fused-ring (bicyclic) bond motifs is 2. The second-order valence-electron chi connectivity index (χ2n) is 6.33. The minimum Gasteiger partial charge on any atom is -0.376 e. The molecule has 1 saturated carbocycles. The molecule has 2 aliphatic carbocycles.